The zero-order valence-electron chi connectivity index (χ0n) is 12.4. The smallest absolute Gasteiger partial charge is 0.223 e. The maximum atomic E-state index is 12.6. The first-order chi connectivity index (χ1) is 9.22. The normalized spacial score (nSPS) is 30.1. The van der Waals surface area contributed by atoms with Gasteiger partial charge in [0.15, 0.2) is 0 Å². The number of nitrogens with two attached hydrogens (primary N) is 1. The number of nitrogens with zero attached hydrogens (tertiary/aromatic N) is 1. The standard InChI is InChI=1S/C16H30N2O/c1-13-7-6-10-18(15(13)12-17)16(19)11-14-8-4-2-3-5-9-14/h13-15H,2-12,17H2,1H3. The van der Waals surface area contributed by atoms with Crippen LogP contribution in [0.4, 0.5) is 0 Å². The van der Waals surface area contributed by atoms with Gasteiger partial charge in [0.05, 0.1) is 0 Å². The monoisotopic (exact) mass is 266 g/mol. The molecule has 110 valence electrons. The Morgan fingerprint density at radius 2 is 1.79 bits per heavy atom. The van der Waals surface area contributed by atoms with Gasteiger partial charge in [-0.15, -0.1) is 0 Å². The molecule has 1 saturated heterocycles. The molecule has 1 heterocycles. The highest BCUT2D eigenvalue weighted by Crippen LogP contribution is 2.28. The second-order valence-electron chi connectivity index (χ2n) is 6.57. The van der Waals surface area contributed by atoms with Gasteiger partial charge in [-0.05, 0) is 37.5 Å². The van der Waals surface area contributed by atoms with Gasteiger partial charge in [0.2, 0.25) is 5.91 Å². The summed E-state index contributed by atoms with van der Waals surface area (Å²) in [5, 5.41) is 0. The topological polar surface area (TPSA) is 46.3 Å². The largest absolute Gasteiger partial charge is 0.338 e. The van der Waals surface area contributed by atoms with Crippen LogP contribution >= 0.6 is 0 Å². The zero-order chi connectivity index (χ0) is 13.7. The summed E-state index contributed by atoms with van der Waals surface area (Å²) in [6, 6.07) is 0.284. The van der Waals surface area contributed by atoms with E-state index in [1.165, 1.54) is 44.9 Å². The molecule has 0 aromatic rings. The van der Waals surface area contributed by atoms with Crippen LogP contribution in [0, 0.1) is 11.8 Å². The molecule has 1 amide bonds. The Balaban J connectivity index is 1.90. The molecule has 0 bridgehead atoms. The summed E-state index contributed by atoms with van der Waals surface area (Å²) in [4.78, 5) is 14.7. The van der Waals surface area contributed by atoms with Crippen molar-refractivity contribution in [1.82, 2.24) is 4.90 Å². The molecule has 2 rings (SSSR count). The van der Waals surface area contributed by atoms with Crippen molar-refractivity contribution in [2.45, 2.75) is 70.8 Å². The van der Waals surface area contributed by atoms with Crippen LogP contribution < -0.4 is 5.73 Å². The predicted octanol–water partition coefficient (Wildman–Crippen LogP) is 2.93. The molecule has 3 nitrogen and oxygen atoms in total. The van der Waals surface area contributed by atoms with Gasteiger partial charge in [0.1, 0.15) is 0 Å². The van der Waals surface area contributed by atoms with E-state index in [9.17, 15) is 4.79 Å². The SMILES string of the molecule is CC1CCCN(C(=O)CC2CCCCCC2)C1CN. The first-order valence-electron chi connectivity index (χ1n) is 8.22. The molecule has 1 aliphatic carbocycles. The summed E-state index contributed by atoms with van der Waals surface area (Å²) in [6.07, 6.45) is 11.0. The first-order valence-corrected chi connectivity index (χ1v) is 8.22. The molecule has 1 saturated carbocycles. The molecule has 1 aliphatic heterocycles. The molecular formula is C16H30N2O. The second-order valence-corrected chi connectivity index (χ2v) is 6.57. The van der Waals surface area contributed by atoms with Gasteiger partial charge in [-0.2, -0.15) is 0 Å². The maximum Gasteiger partial charge on any atom is 0.223 e. The summed E-state index contributed by atoms with van der Waals surface area (Å²) in [5.41, 5.74) is 5.89. The summed E-state index contributed by atoms with van der Waals surface area (Å²) >= 11 is 0. The highest BCUT2D eigenvalue weighted by Gasteiger charge is 2.31. The maximum absolute atomic E-state index is 12.6. The lowest BCUT2D eigenvalue weighted by Crippen LogP contribution is -2.51. The Morgan fingerprint density at radius 1 is 1.11 bits per heavy atom. The molecular weight excluding hydrogens is 236 g/mol. The lowest BCUT2D eigenvalue weighted by molar-refractivity contribution is -0.137. The van der Waals surface area contributed by atoms with Gasteiger partial charge >= 0.3 is 0 Å². The van der Waals surface area contributed by atoms with Crippen LogP contribution in [0.25, 0.3) is 0 Å². The number of hydrogen-bond acceptors (Lipinski definition) is 2. The number of hydrogen-bond donors (Lipinski definition) is 1. The Labute approximate surface area is 117 Å². The lowest BCUT2D eigenvalue weighted by atomic mass is 9.89. The fraction of sp³-hybridized carbons (Fsp3) is 0.938. The quantitative estimate of drug-likeness (QED) is 0.798. The zero-order valence-corrected chi connectivity index (χ0v) is 12.4. The summed E-state index contributed by atoms with van der Waals surface area (Å²) in [5.74, 6) is 1.57. The number of carbonyl (C=O) groups excluding carboxylic acids is 1. The van der Waals surface area contributed by atoms with E-state index in [0.717, 1.165) is 19.4 Å². The van der Waals surface area contributed by atoms with Crippen LogP contribution in [-0.4, -0.2) is 29.9 Å². The van der Waals surface area contributed by atoms with Crippen molar-refractivity contribution in [3.8, 4) is 0 Å². The minimum absolute atomic E-state index is 0.284. The number of amides is 1. The van der Waals surface area contributed by atoms with Gasteiger partial charge < -0.3 is 10.6 Å². The molecule has 2 unspecified atom stereocenters. The van der Waals surface area contributed by atoms with Crippen LogP contribution in [0.5, 0.6) is 0 Å². The Kier molecular flexibility index (Phi) is 5.68. The minimum Gasteiger partial charge on any atom is -0.338 e. The second kappa shape index (κ2) is 7.28. The Bertz CT molecular complexity index is 284. The van der Waals surface area contributed by atoms with Crippen LogP contribution in [0.3, 0.4) is 0 Å². The van der Waals surface area contributed by atoms with Crippen molar-refractivity contribution >= 4 is 5.91 Å². The predicted molar refractivity (Wildman–Crippen MR) is 78.8 cm³/mol. The van der Waals surface area contributed by atoms with Crippen molar-refractivity contribution in [2.75, 3.05) is 13.1 Å². The van der Waals surface area contributed by atoms with Gasteiger partial charge in [-0.3, -0.25) is 4.79 Å². The van der Waals surface area contributed by atoms with Crippen LogP contribution in [0.1, 0.15) is 64.7 Å². The number of carbonyl (C=O) groups is 1. The van der Waals surface area contributed by atoms with E-state index in [2.05, 4.69) is 11.8 Å². The average molecular weight is 266 g/mol. The molecule has 3 heteroatoms. The molecule has 2 aliphatic rings. The van der Waals surface area contributed by atoms with E-state index in [1.807, 2.05) is 0 Å². The van der Waals surface area contributed by atoms with Crippen LogP contribution in [0.15, 0.2) is 0 Å². The molecule has 2 N–H and O–H groups in total. The van der Waals surface area contributed by atoms with E-state index in [4.69, 9.17) is 5.73 Å². The number of likely N-dealkylation sites (tertiary alicyclic amines) is 1. The van der Waals surface area contributed by atoms with E-state index in [1.54, 1.807) is 0 Å². The van der Waals surface area contributed by atoms with E-state index in [-0.39, 0.29) is 6.04 Å². The van der Waals surface area contributed by atoms with E-state index >= 15 is 0 Å². The van der Waals surface area contributed by atoms with Crippen molar-refractivity contribution < 1.29 is 4.79 Å². The van der Waals surface area contributed by atoms with Crippen LogP contribution in [-0.2, 0) is 4.79 Å². The van der Waals surface area contributed by atoms with Gasteiger partial charge in [-0.1, -0.05) is 32.6 Å². The minimum atomic E-state index is 0.284. The van der Waals surface area contributed by atoms with Gasteiger partial charge in [-0.25, -0.2) is 0 Å². The van der Waals surface area contributed by atoms with Gasteiger partial charge in [0, 0.05) is 25.6 Å². The first kappa shape index (κ1) is 14.8. The third-order valence-corrected chi connectivity index (χ3v) is 5.12. The molecule has 0 radical (unpaired) electrons. The lowest BCUT2D eigenvalue weighted by Gasteiger charge is -2.40. The van der Waals surface area contributed by atoms with Gasteiger partial charge in [0.25, 0.3) is 0 Å². The van der Waals surface area contributed by atoms with Crippen molar-refractivity contribution in [3.05, 3.63) is 0 Å². The Hall–Kier alpha value is -0.570. The molecule has 2 fully saturated rings. The van der Waals surface area contributed by atoms with E-state index < -0.39 is 0 Å². The average Bonchev–Trinajstić information content (AvgIpc) is 2.67. The fourth-order valence-electron chi connectivity index (χ4n) is 3.85. The van der Waals surface area contributed by atoms with Crippen molar-refractivity contribution in [3.63, 3.8) is 0 Å². The highest BCUT2D eigenvalue weighted by atomic mass is 16.2. The molecule has 0 aromatic carbocycles. The summed E-state index contributed by atoms with van der Waals surface area (Å²) < 4.78 is 0. The third-order valence-electron chi connectivity index (χ3n) is 5.12. The molecule has 2 atom stereocenters. The van der Waals surface area contributed by atoms with Crippen molar-refractivity contribution in [1.29, 1.82) is 0 Å². The Morgan fingerprint density at radius 3 is 2.42 bits per heavy atom. The third kappa shape index (κ3) is 3.95. The van der Waals surface area contributed by atoms with Crippen LogP contribution in [0.2, 0.25) is 0 Å². The summed E-state index contributed by atoms with van der Waals surface area (Å²) in [7, 11) is 0. The highest BCUT2D eigenvalue weighted by molar-refractivity contribution is 5.77. The molecule has 0 spiro atoms. The number of rotatable bonds is 3. The summed E-state index contributed by atoms with van der Waals surface area (Å²) in [6.45, 7) is 3.79. The van der Waals surface area contributed by atoms with Crippen molar-refractivity contribution in [2.24, 2.45) is 17.6 Å². The molecule has 0 aromatic heterocycles. The van der Waals surface area contributed by atoms with E-state index in [0.29, 0.717) is 24.3 Å². The number of piperidine rings is 1. The fourth-order valence-corrected chi connectivity index (χ4v) is 3.85. The molecule has 19 heavy (non-hydrogen) atoms.